The maximum atomic E-state index is 12.9. The summed E-state index contributed by atoms with van der Waals surface area (Å²) < 4.78 is 7.70. The average molecular weight is 337 g/mol. The molecular weight excluding hydrogens is 318 g/mol. The molecule has 0 aliphatic carbocycles. The molecule has 3 aromatic rings. The molecule has 1 aliphatic heterocycles. The number of para-hydroxylation sites is 2. The zero-order chi connectivity index (χ0) is 17.1. The highest BCUT2D eigenvalue weighted by molar-refractivity contribution is 5.93. The van der Waals surface area contributed by atoms with Crippen LogP contribution >= 0.6 is 0 Å². The molecular formula is C18H19N5O2. The molecule has 0 radical (unpaired) electrons. The molecule has 0 bridgehead atoms. The Hall–Kier alpha value is -2.80. The Kier molecular flexibility index (Phi) is 4.39. The number of carbonyl (C=O) groups is 1. The van der Waals surface area contributed by atoms with Gasteiger partial charge in [0.05, 0.1) is 29.9 Å². The molecule has 4 rings (SSSR count). The maximum Gasteiger partial charge on any atom is 0.274 e. The average Bonchev–Trinajstić information content (AvgIpc) is 3.05. The van der Waals surface area contributed by atoms with Gasteiger partial charge in [-0.1, -0.05) is 12.1 Å². The van der Waals surface area contributed by atoms with Crippen LogP contribution < -0.4 is 0 Å². The van der Waals surface area contributed by atoms with Crippen molar-refractivity contribution in [3.05, 3.63) is 54.6 Å². The van der Waals surface area contributed by atoms with Crippen molar-refractivity contribution in [1.29, 1.82) is 0 Å². The third-order valence-electron chi connectivity index (χ3n) is 4.25. The van der Waals surface area contributed by atoms with Crippen LogP contribution in [0.5, 0.6) is 0 Å². The van der Waals surface area contributed by atoms with Gasteiger partial charge in [-0.2, -0.15) is 5.10 Å². The summed E-state index contributed by atoms with van der Waals surface area (Å²) in [5.41, 5.74) is 1.89. The standard InChI is InChI=1S/C18H19N5O2/c24-18(17-11-19-15-5-1-2-6-16(15)21-17)22-8-4-10-25-14(12-22)13-23-9-3-7-20-23/h1-3,5-7,9,11,14H,4,8,10,12-13H2/t14-/m0/s1. The summed E-state index contributed by atoms with van der Waals surface area (Å²) >= 11 is 0. The SMILES string of the molecule is O=C(c1cnc2ccccc2n1)N1CCCO[C@H](Cn2cccn2)C1. The number of ether oxygens (including phenoxy) is 1. The van der Waals surface area contributed by atoms with Crippen LogP contribution in [0.4, 0.5) is 0 Å². The van der Waals surface area contributed by atoms with Crippen molar-refractivity contribution in [2.45, 2.75) is 19.1 Å². The summed E-state index contributed by atoms with van der Waals surface area (Å²) in [5.74, 6) is -0.103. The molecule has 0 spiro atoms. The Morgan fingerprint density at radius 1 is 1.24 bits per heavy atom. The minimum Gasteiger partial charge on any atom is -0.374 e. The van der Waals surface area contributed by atoms with Gasteiger partial charge in [-0.25, -0.2) is 4.98 Å². The lowest BCUT2D eigenvalue weighted by atomic mass is 10.2. The number of fused-ring (bicyclic) bond motifs is 1. The lowest BCUT2D eigenvalue weighted by molar-refractivity contribution is 0.0365. The number of amides is 1. The molecule has 2 aromatic heterocycles. The lowest BCUT2D eigenvalue weighted by Gasteiger charge is -2.23. The van der Waals surface area contributed by atoms with Crippen LogP contribution in [0.3, 0.4) is 0 Å². The molecule has 1 saturated heterocycles. The van der Waals surface area contributed by atoms with Gasteiger partial charge in [0.15, 0.2) is 0 Å². The second-order valence-electron chi connectivity index (χ2n) is 6.07. The van der Waals surface area contributed by atoms with Crippen LogP contribution in [0.15, 0.2) is 48.9 Å². The van der Waals surface area contributed by atoms with Crippen LogP contribution in [0.25, 0.3) is 11.0 Å². The van der Waals surface area contributed by atoms with Crippen LogP contribution in [0.2, 0.25) is 0 Å². The van der Waals surface area contributed by atoms with Crippen molar-refractivity contribution in [2.24, 2.45) is 0 Å². The van der Waals surface area contributed by atoms with E-state index in [2.05, 4.69) is 15.1 Å². The van der Waals surface area contributed by atoms with Crippen LogP contribution in [-0.2, 0) is 11.3 Å². The Morgan fingerprint density at radius 3 is 2.96 bits per heavy atom. The van der Waals surface area contributed by atoms with Crippen LogP contribution in [0.1, 0.15) is 16.9 Å². The van der Waals surface area contributed by atoms with E-state index >= 15 is 0 Å². The number of rotatable bonds is 3. The van der Waals surface area contributed by atoms with E-state index in [9.17, 15) is 4.79 Å². The largest absolute Gasteiger partial charge is 0.374 e. The van der Waals surface area contributed by atoms with Crippen molar-refractivity contribution >= 4 is 16.9 Å². The molecule has 128 valence electrons. The van der Waals surface area contributed by atoms with Crippen molar-refractivity contribution in [2.75, 3.05) is 19.7 Å². The fraction of sp³-hybridized carbons (Fsp3) is 0.333. The normalized spacial score (nSPS) is 18.2. The van der Waals surface area contributed by atoms with Crippen LogP contribution in [0, 0.1) is 0 Å². The topological polar surface area (TPSA) is 73.1 Å². The summed E-state index contributed by atoms with van der Waals surface area (Å²) in [4.78, 5) is 23.5. The second-order valence-corrected chi connectivity index (χ2v) is 6.07. The molecule has 1 atom stereocenters. The molecule has 25 heavy (non-hydrogen) atoms. The van der Waals surface area contributed by atoms with Gasteiger partial charge in [0.1, 0.15) is 5.69 Å². The van der Waals surface area contributed by atoms with Gasteiger partial charge in [0, 0.05) is 32.1 Å². The number of carbonyl (C=O) groups excluding carboxylic acids is 1. The van der Waals surface area contributed by atoms with E-state index in [4.69, 9.17) is 4.74 Å². The Bertz CT molecular complexity index is 865. The van der Waals surface area contributed by atoms with Gasteiger partial charge in [-0.3, -0.25) is 14.5 Å². The number of aromatic nitrogens is 4. The smallest absolute Gasteiger partial charge is 0.274 e. The Morgan fingerprint density at radius 2 is 2.12 bits per heavy atom. The molecule has 0 N–H and O–H groups in total. The fourth-order valence-corrected chi connectivity index (χ4v) is 3.03. The molecule has 0 unspecified atom stereocenters. The molecule has 0 saturated carbocycles. The van der Waals surface area contributed by atoms with Crippen molar-refractivity contribution in [1.82, 2.24) is 24.6 Å². The highest BCUT2D eigenvalue weighted by Crippen LogP contribution is 2.13. The van der Waals surface area contributed by atoms with Crippen molar-refractivity contribution in [3.8, 4) is 0 Å². The third-order valence-corrected chi connectivity index (χ3v) is 4.25. The minimum absolute atomic E-state index is 0.0836. The van der Waals surface area contributed by atoms with E-state index in [0.717, 1.165) is 17.5 Å². The third kappa shape index (κ3) is 3.51. The molecule has 1 fully saturated rings. The first-order valence-electron chi connectivity index (χ1n) is 8.40. The zero-order valence-electron chi connectivity index (χ0n) is 13.8. The Labute approximate surface area is 145 Å². The summed E-state index contributed by atoms with van der Waals surface area (Å²) in [6.07, 6.45) is 5.92. The highest BCUT2D eigenvalue weighted by atomic mass is 16.5. The predicted octanol–water partition coefficient (Wildman–Crippen LogP) is 1.76. The van der Waals surface area contributed by atoms with Crippen molar-refractivity contribution < 1.29 is 9.53 Å². The zero-order valence-corrected chi connectivity index (χ0v) is 13.8. The van der Waals surface area contributed by atoms with E-state index in [1.807, 2.05) is 41.2 Å². The first-order chi connectivity index (χ1) is 12.3. The quantitative estimate of drug-likeness (QED) is 0.728. The molecule has 1 aliphatic rings. The van der Waals surface area contributed by atoms with Crippen LogP contribution in [-0.4, -0.2) is 56.4 Å². The first kappa shape index (κ1) is 15.7. The molecule has 7 heteroatoms. The first-order valence-corrected chi connectivity index (χ1v) is 8.40. The van der Waals surface area contributed by atoms with Gasteiger partial charge in [0.2, 0.25) is 0 Å². The van der Waals surface area contributed by atoms with Gasteiger partial charge >= 0.3 is 0 Å². The van der Waals surface area contributed by atoms with E-state index in [1.54, 1.807) is 17.3 Å². The van der Waals surface area contributed by atoms with Gasteiger partial charge in [0.25, 0.3) is 5.91 Å². The summed E-state index contributed by atoms with van der Waals surface area (Å²) in [6, 6.07) is 9.43. The number of hydrogen-bond acceptors (Lipinski definition) is 5. The van der Waals surface area contributed by atoms with E-state index < -0.39 is 0 Å². The fourth-order valence-electron chi connectivity index (χ4n) is 3.03. The second kappa shape index (κ2) is 6.98. The molecule has 7 nitrogen and oxygen atoms in total. The number of nitrogens with zero attached hydrogens (tertiary/aromatic N) is 5. The minimum atomic E-state index is -0.103. The maximum absolute atomic E-state index is 12.9. The van der Waals surface area contributed by atoms with Gasteiger partial charge in [-0.15, -0.1) is 0 Å². The van der Waals surface area contributed by atoms with Crippen molar-refractivity contribution in [3.63, 3.8) is 0 Å². The number of benzene rings is 1. The summed E-state index contributed by atoms with van der Waals surface area (Å²) in [6.45, 7) is 2.44. The van der Waals surface area contributed by atoms with E-state index in [-0.39, 0.29) is 12.0 Å². The Balaban J connectivity index is 1.52. The molecule has 1 aromatic carbocycles. The van der Waals surface area contributed by atoms with Gasteiger partial charge in [-0.05, 0) is 24.6 Å². The van der Waals surface area contributed by atoms with Gasteiger partial charge < -0.3 is 9.64 Å². The molecule has 1 amide bonds. The lowest BCUT2D eigenvalue weighted by Crippen LogP contribution is -2.39. The van der Waals surface area contributed by atoms with E-state index in [0.29, 0.717) is 31.9 Å². The summed E-state index contributed by atoms with van der Waals surface area (Å²) in [5, 5.41) is 4.21. The summed E-state index contributed by atoms with van der Waals surface area (Å²) in [7, 11) is 0. The monoisotopic (exact) mass is 337 g/mol. The predicted molar refractivity (Wildman–Crippen MR) is 92.0 cm³/mol. The number of hydrogen-bond donors (Lipinski definition) is 0. The van der Waals surface area contributed by atoms with E-state index in [1.165, 1.54) is 0 Å². The highest BCUT2D eigenvalue weighted by Gasteiger charge is 2.25. The molecule has 3 heterocycles.